The third-order valence-electron chi connectivity index (χ3n) is 1.92. The zero-order chi connectivity index (χ0) is 10.2. The Morgan fingerprint density at radius 1 is 1.36 bits per heavy atom. The maximum Gasteiger partial charge on any atom is 0.150 e. The van der Waals surface area contributed by atoms with Gasteiger partial charge in [0.2, 0.25) is 0 Å². The van der Waals surface area contributed by atoms with Crippen LogP contribution in [0.2, 0.25) is 0 Å². The van der Waals surface area contributed by atoms with E-state index in [1.165, 1.54) is 0 Å². The molecule has 0 amide bonds. The van der Waals surface area contributed by atoms with Gasteiger partial charge in [-0.15, -0.1) is 0 Å². The number of nitrogens with one attached hydrogen (secondary N) is 1. The second-order valence-electron chi connectivity index (χ2n) is 3.08. The van der Waals surface area contributed by atoms with Gasteiger partial charge < -0.3 is 5.32 Å². The number of hydrogen-bond donors (Lipinski definition) is 1. The molecule has 0 unspecified atom stereocenters. The van der Waals surface area contributed by atoms with E-state index >= 15 is 0 Å². The van der Waals surface area contributed by atoms with E-state index in [4.69, 9.17) is 0 Å². The number of carbonyl (C=O) groups is 1. The molecule has 0 heterocycles. The lowest BCUT2D eigenvalue weighted by Crippen LogP contribution is -2.05. The van der Waals surface area contributed by atoms with Crippen molar-refractivity contribution in [3.8, 4) is 0 Å². The summed E-state index contributed by atoms with van der Waals surface area (Å²) in [5, 5.41) is 3.07. The Hall–Kier alpha value is -1.41. The third-order valence-corrected chi connectivity index (χ3v) is 1.92. The van der Waals surface area contributed by atoms with Gasteiger partial charge in [-0.2, -0.15) is 0 Å². The Kier molecular flexibility index (Phi) is 4.65. The van der Waals surface area contributed by atoms with Gasteiger partial charge in [-0.1, -0.05) is 30.4 Å². The number of benzene rings is 1. The van der Waals surface area contributed by atoms with E-state index in [9.17, 15) is 4.79 Å². The fraction of sp³-hybridized carbons (Fsp3) is 0.250. The van der Waals surface area contributed by atoms with Crippen LogP contribution in [-0.2, 0) is 0 Å². The molecular formula is C12H15NO. The molecule has 0 aliphatic heterocycles. The molecule has 0 fully saturated rings. The van der Waals surface area contributed by atoms with Crippen LogP contribution in [0.3, 0.4) is 0 Å². The van der Waals surface area contributed by atoms with Crippen LogP contribution in [0.1, 0.15) is 22.3 Å². The molecule has 2 heteroatoms. The van der Waals surface area contributed by atoms with Crippen molar-refractivity contribution in [3.05, 3.63) is 41.5 Å². The lowest BCUT2D eigenvalue weighted by Gasteiger charge is -1.95. The van der Waals surface area contributed by atoms with Crippen molar-refractivity contribution in [2.24, 2.45) is 0 Å². The molecule has 0 aliphatic carbocycles. The standard InChI is InChI=1S/C12H15NO/c1-13-8-3-2-5-11-6-4-7-12(9-11)10-14/h2,4-7,9-10,13H,3,8H2,1H3. The molecule has 14 heavy (non-hydrogen) atoms. The van der Waals surface area contributed by atoms with Crippen molar-refractivity contribution in [1.29, 1.82) is 0 Å². The summed E-state index contributed by atoms with van der Waals surface area (Å²) in [6.07, 6.45) is 6.00. The van der Waals surface area contributed by atoms with Gasteiger partial charge in [0.1, 0.15) is 6.29 Å². The number of carbonyl (C=O) groups excluding carboxylic acids is 1. The van der Waals surface area contributed by atoms with E-state index in [2.05, 4.69) is 11.4 Å². The number of hydrogen-bond acceptors (Lipinski definition) is 2. The lowest BCUT2D eigenvalue weighted by atomic mass is 10.1. The highest BCUT2D eigenvalue weighted by atomic mass is 16.1. The quantitative estimate of drug-likeness (QED) is 0.568. The second kappa shape index (κ2) is 6.11. The normalized spacial score (nSPS) is 10.6. The predicted octanol–water partition coefficient (Wildman–Crippen LogP) is 2.12. The maximum atomic E-state index is 10.5. The molecule has 0 saturated heterocycles. The molecule has 0 radical (unpaired) electrons. The van der Waals surface area contributed by atoms with Crippen LogP contribution in [0.15, 0.2) is 30.3 Å². The molecule has 0 aliphatic rings. The topological polar surface area (TPSA) is 29.1 Å². The number of aldehydes is 1. The van der Waals surface area contributed by atoms with Crippen molar-refractivity contribution < 1.29 is 4.79 Å². The average Bonchev–Trinajstić information content (AvgIpc) is 2.25. The summed E-state index contributed by atoms with van der Waals surface area (Å²) in [7, 11) is 1.93. The molecule has 2 nitrogen and oxygen atoms in total. The summed E-state index contributed by atoms with van der Waals surface area (Å²) in [4.78, 5) is 10.5. The Morgan fingerprint density at radius 2 is 2.14 bits per heavy atom. The molecule has 1 rings (SSSR count). The summed E-state index contributed by atoms with van der Waals surface area (Å²) < 4.78 is 0. The molecule has 74 valence electrons. The van der Waals surface area contributed by atoms with Crippen LogP contribution in [0.4, 0.5) is 0 Å². The summed E-state index contributed by atoms with van der Waals surface area (Å²) >= 11 is 0. The van der Waals surface area contributed by atoms with Crippen LogP contribution in [-0.4, -0.2) is 19.9 Å². The first-order chi connectivity index (χ1) is 6.86. The fourth-order valence-electron chi connectivity index (χ4n) is 1.18. The van der Waals surface area contributed by atoms with Crippen molar-refractivity contribution in [2.45, 2.75) is 6.42 Å². The zero-order valence-corrected chi connectivity index (χ0v) is 8.36. The minimum atomic E-state index is 0.723. The van der Waals surface area contributed by atoms with Gasteiger partial charge in [0.15, 0.2) is 0 Å². The first kappa shape index (κ1) is 10.7. The minimum absolute atomic E-state index is 0.723. The maximum absolute atomic E-state index is 10.5. The van der Waals surface area contributed by atoms with Gasteiger partial charge in [-0.05, 0) is 31.6 Å². The van der Waals surface area contributed by atoms with Crippen molar-refractivity contribution in [1.82, 2.24) is 5.32 Å². The molecule has 0 spiro atoms. The molecule has 1 aromatic carbocycles. The van der Waals surface area contributed by atoms with Gasteiger partial charge in [0.25, 0.3) is 0 Å². The Morgan fingerprint density at radius 3 is 2.86 bits per heavy atom. The van der Waals surface area contributed by atoms with Gasteiger partial charge in [-0.3, -0.25) is 4.79 Å². The summed E-state index contributed by atoms with van der Waals surface area (Å²) in [5.74, 6) is 0. The Balaban J connectivity index is 2.57. The molecule has 1 N–H and O–H groups in total. The minimum Gasteiger partial charge on any atom is -0.319 e. The summed E-state index contributed by atoms with van der Waals surface area (Å²) in [6.45, 7) is 0.976. The van der Waals surface area contributed by atoms with Gasteiger partial charge in [0.05, 0.1) is 0 Å². The number of rotatable bonds is 5. The SMILES string of the molecule is CNCCC=Cc1cccc(C=O)c1. The molecule has 0 aromatic heterocycles. The van der Waals surface area contributed by atoms with Crippen molar-refractivity contribution in [3.63, 3.8) is 0 Å². The predicted molar refractivity (Wildman–Crippen MR) is 59.4 cm³/mol. The van der Waals surface area contributed by atoms with Crippen LogP contribution >= 0.6 is 0 Å². The van der Waals surface area contributed by atoms with E-state index in [0.717, 1.165) is 30.4 Å². The van der Waals surface area contributed by atoms with Crippen LogP contribution in [0.5, 0.6) is 0 Å². The van der Waals surface area contributed by atoms with E-state index in [1.807, 2.05) is 31.3 Å². The van der Waals surface area contributed by atoms with Gasteiger partial charge in [-0.25, -0.2) is 0 Å². The van der Waals surface area contributed by atoms with Crippen molar-refractivity contribution >= 4 is 12.4 Å². The van der Waals surface area contributed by atoms with Gasteiger partial charge in [0, 0.05) is 5.56 Å². The largest absolute Gasteiger partial charge is 0.319 e. The first-order valence-corrected chi connectivity index (χ1v) is 4.73. The molecule has 1 aromatic rings. The van der Waals surface area contributed by atoms with E-state index < -0.39 is 0 Å². The highest BCUT2D eigenvalue weighted by Gasteiger charge is 1.89. The monoisotopic (exact) mass is 189 g/mol. The Labute approximate surface area is 84.6 Å². The third kappa shape index (κ3) is 3.54. The Bertz CT molecular complexity index is 318. The molecule has 0 bridgehead atoms. The summed E-state index contributed by atoms with van der Waals surface area (Å²) in [6, 6.07) is 7.56. The summed E-state index contributed by atoms with van der Waals surface area (Å²) in [5.41, 5.74) is 1.80. The average molecular weight is 189 g/mol. The van der Waals surface area contributed by atoms with E-state index in [1.54, 1.807) is 6.07 Å². The van der Waals surface area contributed by atoms with E-state index in [-0.39, 0.29) is 0 Å². The lowest BCUT2D eigenvalue weighted by molar-refractivity contribution is 0.112. The second-order valence-corrected chi connectivity index (χ2v) is 3.08. The molecule has 0 saturated carbocycles. The molecule has 0 atom stereocenters. The van der Waals surface area contributed by atoms with Gasteiger partial charge >= 0.3 is 0 Å². The van der Waals surface area contributed by atoms with Crippen molar-refractivity contribution in [2.75, 3.05) is 13.6 Å². The smallest absolute Gasteiger partial charge is 0.150 e. The molecular weight excluding hydrogens is 174 g/mol. The highest BCUT2D eigenvalue weighted by Crippen LogP contribution is 2.05. The van der Waals surface area contributed by atoms with E-state index in [0.29, 0.717) is 0 Å². The van der Waals surface area contributed by atoms with Crippen LogP contribution in [0.25, 0.3) is 6.08 Å². The van der Waals surface area contributed by atoms with Crippen LogP contribution in [0, 0.1) is 0 Å². The highest BCUT2D eigenvalue weighted by molar-refractivity contribution is 5.76. The van der Waals surface area contributed by atoms with Crippen LogP contribution < -0.4 is 5.32 Å². The zero-order valence-electron chi connectivity index (χ0n) is 8.36. The fourth-order valence-corrected chi connectivity index (χ4v) is 1.18. The first-order valence-electron chi connectivity index (χ1n) is 4.73.